The van der Waals surface area contributed by atoms with Gasteiger partial charge in [-0.2, -0.15) is 0 Å². The third-order valence-electron chi connectivity index (χ3n) is 6.31. The van der Waals surface area contributed by atoms with Gasteiger partial charge in [-0.05, 0) is 47.4 Å². The molecule has 0 radical (unpaired) electrons. The highest BCUT2D eigenvalue weighted by Crippen LogP contribution is 2.40. The molecule has 0 fully saturated rings. The van der Waals surface area contributed by atoms with Gasteiger partial charge >= 0.3 is 5.97 Å². The van der Waals surface area contributed by atoms with Crippen LogP contribution in [0, 0.1) is 6.92 Å². The van der Waals surface area contributed by atoms with E-state index in [0.717, 1.165) is 38.9 Å². The average Bonchev–Trinajstić information content (AvgIpc) is 3.21. The molecule has 4 aromatic rings. The van der Waals surface area contributed by atoms with Crippen LogP contribution in [-0.2, 0) is 17.8 Å². The second-order valence-corrected chi connectivity index (χ2v) is 8.39. The number of benzene rings is 3. The number of aromatic amines is 1. The summed E-state index contributed by atoms with van der Waals surface area (Å²) in [6.45, 7) is 2.45. The summed E-state index contributed by atoms with van der Waals surface area (Å²) in [5, 5.41) is 14.2. The summed E-state index contributed by atoms with van der Waals surface area (Å²) in [4.78, 5) is 15.5. The Morgan fingerprint density at radius 2 is 1.82 bits per heavy atom. The van der Waals surface area contributed by atoms with Crippen molar-refractivity contribution in [2.24, 2.45) is 0 Å². The number of nitrogens with one attached hydrogen (secondary N) is 2. The molecule has 0 aliphatic carbocycles. The van der Waals surface area contributed by atoms with Crippen LogP contribution in [0.15, 0.2) is 66.7 Å². The van der Waals surface area contributed by atoms with Crippen molar-refractivity contribution in [3.8, 4) is 11.5 Å². The molecule has 5 rings (SSSR count). The summed E-state index contributed by atoms with van der Waals surface area (Å²) < 4.78 is 11.7. The van der Waals surface area contributed by atoms with E-state index in [-0.39, 0.29) is 6.04 Å². The fourth-order valence-electron chi connectivity index (χ4n) is 4.63. The standard InChI is InChI=1S/C27H26N2O4/c1-16-12-24(33-15-17-8-4-3-5-9-17)23(32-2)14-19(16)25-26-20(13-22(29-25)27(30)31)18-10-6-7-11-21(18)28-26/h3-12,14,22,25,28-29H,13,15H2,1-2H3,(H,30,31). The van der Waals surface area contributed by atoms with E-state index in [4.69, 9.17) is 9.47 Å². The number of carboxylic acids is 1. The van der Waals surface area contributed by atoms with Gasteiger partial charge in [0.05, 0.1) is 13.2 Å². The summed E-state index contributed by atoms with van der Waals surface area (Å²) in [7, 11) is 1.62. The number of rotatable bonds is 6. The van der Waals surface area contributed by atoms with Gasteiger partial charge in [0.2, 0.25) is 0 Å². The van der Waals surface area contributed by atoms with Gasteiger partial charge in [-0.15, -0.1) is 0 Å². The molecule has 6 nitrogen and oxygen atoms in total. The van der Waals surface area contributed by atoms with Crippen molar-refractivity contribution in [1.82, 2.24) is 10.3 Å². The van der Waals surface area contributed by atoms with Gasteiger partial charge in [-0.3, -0.25) is 10.1 Å². The number of carbonyl (C=O) groups is 1. The molecule has 1 aliphatic rings. The van der Waals surface area contributed by atoms with Crippen molar-refractivity contribution < 1.29 is 19.4 Å². The minimum absolute atomic E-state index is 0.306. The van der Waals surface area contributed by atoms with Crippen LogP contribution in [0.1, 0.15) is 34.0 Å². The highest BCUT2D eigenvalue weighted by molar-refractivity contribution is 5.87. The zero-order chi connectivity index (χ0) is 22.9. The van der Waals surface area contributed by atoms with E-state index in [2.05, 4.69) is 10.3 Å². The van der Waals surface area contributed by atoms with Crippen LogP contribution in [0.3, 0.4) is 0 Å². The first kappa shape index (κ1) is 21.1. The smallest absolute Gasteiger partial charge is 0.321 e. The third kappa shape index (κ3) is 3.94. The Bertz CT molecular complexity index is 1310. The molecule has 0 saturated carbocycles. The molecule has 33 heavy (non-hydrogen) atoms. The van der Waals surface area contributed by atoms with Crippen LogP contribution in [0.25, 0.3) is 10.9 Å². The molecule has 0 amide bonds. The first-order valence-corrected chi connectivity index (χ1v) is 11.0. The molecule has 1 aromatic heterocycles. The van der Waals surface area contributed by atoms with Crippen molar-refractivity contribution in [2.45, 2.75) is 32.0 Å². The van der Waals surface area contributed by atoms with E-state index in [9.17, 15) is 9.90 Å². The lowest BCUT2D eigenvalue weighted by Crippen LogP contribution is -2.45. The number of hydrogen-bond donors (Lipinski definition) is 3. The maximum atomic E-state index is 12.0. The van der Waals surface area contributed by atoms with Gasteiger partial charge in [0.15, 0.2) is 11.5 Å². The van der Waals surface area contributed by atoms with E-state index in [1.807, 2.05) is 73.7 Å². The fourth-order valence-corrected chi connectivity index (χ4v) is 4.63. The molecule has 0 bridgehead atoms. The van der Waals surface area contributed by atoms with Gasteiger partial charge in [0.1, 0.15) is 12.6 Å². The number of H-pyrrole nitrogens is 1. The normalized spacial score (nSPS) is 17.5. The van der Waals surface area contributed by atoms with E-state index < -0.39 is 12.0 Å². The lowest BCUT2D eigenvalue weighted by molar-refractivity contribution is -0.139. The molecule has 2 unspecified atom stereocenters. The van der Waals surface area contributed by atoms with Gasteiger partial charge in [-0.25, -0.2) is 0 Å². The van der Waals surface area contributed by atoms with Crippen molar-refractivity contribution >= 4 is 16.9 Å². The molecule has 2 atom stereocenters. The Kier molecular flexibility index (Phi) is 5.52. The van der Waals surface area contributed by atoms with Gasteiger partial charge < -0.3 is 19.6 Å². The number of ether oxygens (including phenoxy) is 2. The Morgan fingerprint density at radius 3 is 2.58 bits per heavy atom. The number of aromatic nitrogens is 1. The zero-order valence-corrected chi connectivity index (χ0v) is 18.6. The van der Waals surface area contributed by atoms with Crippen LogP contribution in [0.5, 0.6) is 11.5 Å². The molecule has 168 valence electrons. The third-order valence-corrected chi connectivity index (χ3v) is 6.31. The summed E-state index contributed by atoms with van der Waals surface area (Å²) >= 11 is 0. The summed E-state index contributed by atoms with van der Waals surface area (Å²) in [5.41, 5.74) is 6.07. The Hall–Kier alpha value is -3.77. The van der Waals surface area contributed by atoms with Crippen molar-refractivity contribution in [3.05, 3.63) is 94.7 Å². The second-order valence-electron chi connectivity index (χ2n) is 8.39. The number of fused-ring (bicyclic) bond motifs is 3. The highest BCUT2D eigenvalue weighted by atomic mass is 16.5. The van der Waals surface area contributed by atoms with Crippen LogP contribution >= 0.6 is 0 Å². The molecular weight excluding hydrogens is 416 g/mol. The Morgan fingerprint density at radius 1 is 1.06 bits per heavy atom. The molecule has 3 N–H and O–H groups in total. The minimum Gasteiger partial charge on any atom is -0.493 e. The molecule has 0 spiro atoms. The average molecular weight is 443 g/mol. The number of para-hydroxylation sites is 1. The summed E-state index contributed by atoms with van der Waals surface area (Å²) in [6, 6.07) is 20.9. The lowest BCUT2D eigenvalue weighted by atomic mass is 9.88. The number of carboxylic acid groups (broad SMARTS) is 1. The largest absolute Gasteiger partial charge is 0.493 e. The Labute approximate surface area is 192 Å². The number of hydrogen-bond acceptors (Lipinski definition) is 4. The van der Waals surface area contributed by atoms with E-state index in [1.54, 1.807) is 7.11 Å². The second kappa shape index (κ2) is 8.64. The van der Waals surface area contributed by atoms with E-state index in [1.165, 1.54) is 0 Å². The topological polar surface area (TPSA) is 83.6 Å². The summed E-state index contributed by atoms with van der Waals surface area (Å²) in [6.07, 6.45) is 0.430. The maximum absolute atomic E-state index is 12.0. The van der Waals surface area contributed by atoms with Crippen LogP contribution in [-0.4, -0.2) is 29.2 Å². The molecule has 6 heteroatoms. The monoisotopic (exact) mass is 442 g/mol. The lowest BCUT2D eigenvalue weighted by Gasteiger charge is -2.31. The fraction of sp³-hybridized carbons (Fsp3) is 0.222. The van der Waals surface area contributed by atoms with Crippen LogP contribution in [0.4, 0.5) is 0 Å². The number of aryl methyl sites for hydroxylation is 1. The molecular formula is C27H26N2O4. The zero-order valence-electron chi connectivity index (χ0n) is 18.6. The van der Waals surface area contributed by atoms with Crippen molar-refractivity contribution in [3.63, 3.8) is 0 Å². The van der Waals surface area contributed by atoms with Crippen LogP contribution in [0.2, 0.25) is 0 Å². The first-order valence-electron chi connectivity index (χ1n) is 11.0. The molecule has 1 aliphatic heterocycles. The number of aliphatic carboxylic acids is 1. The Balaban J connectivity index is 1.55. The quantitative estimate of drug-likeness (QED) is 0.401. The van der Waals surface area contributed by atoms with Crippen LogP contribution < -0.4 is 14.8 Å². The van der Waals surface area contributed by atoms with Gasteiger partial charge in [0.25, 0.3) is 0 Å². The first-order chi connectivity index (χ1) is 16.0. The van der Waals surface area contributed by atoms with E-state index in [0.29, 0.717) is 24.5 Å². The molecule has 3 aromatic carbocycles. The predicted octanol–water partition coefficient (Wildman–Crippen LogP) is 4.75. The van der Waals surface area contributed by atoms with E-state index >= 15 is 0 Å². The predicted molar refractivity (Wildman–Crippen MR) is 127 cm³/mol. The minimum atomic E-state index is -0.858. The maximum Gasteiger partial charge on any atom is 0.321 e. The van der Waals surface area contributed by atoms with Crippen molar-refractivity contribution in [1.29, 1.82) is 0 Å². The molecule has 0 saturated heterocycles. The highest BCUT2D eigenvalue weighted by Gasteiger charge is 2.35. The SMILES string of the molecule is COc1cc(C2NC(C(=O)O)Cc3c2[nH]c2ccccc32)c(C)cc1OCc1ccccc1. The van der Waals surface area contributed by atoms with Gasteiger partial charge in [0, 0.05) is 23.0 Å². The van der Waals surface area contributed by atoms with Gasteiger partial charge in [-0.1, -0.05) is 48.5 Å². The number of methoxy groups -OCH3 is 1. The summed E-state index contributed by atoms with van der Waals surface area (Å²) in [5.74, 6) is 0.414. The van der Waals surface area contributed by atoms with Crippen molar-refractivity contribution in [2.75, 3.05) is 7.11 Å². The molecule has 2 heterocycles.